The van der Waals surface area contributed by atoms with Gasteiger partial charge in [-0.05, 0) is 24.3 Å². The third-order valence-electron chi connectivity index (χ3n) is 3.68. The molecule has 5 N–H and O–H groups in total. The number of aliphatic hydroxyl groups excluding tert-OH is 2. The fourth-order valence-corrected chi connectivity index (χ4v) is 2.58. The highest BCUT2D eigenvalue weighted by molar-refractivity contribution is 5.41. The lowest BCUT2D eigenvalue weighted by Gasteiger charge is -2.21. The van der Waals surface area contributed by atoms with Gasteiger partial charge in [0.05, 0.1) is 18.8 Å². The molecule has 130 valence electrons. The van der Waals surface area contributed by atoms with Gasteiger partial charge in [-0.15, -0.1) is 0 Å². The zero-order valence-electron chi connectivity index (χ0n) is 14.2. The van der Waals surface area contributed by atoms with Gasteiger partial charge in [0, 0.05) is 11.8 Å². The lowest BCUT2D eigenvalue weighted by Crippen LogP contribution is -2.27. The number of nitrogen functional groups attached to an aromatic ring is 1. The van der Waals surface area contributed by atoms with Gasteiger partial charge < -0.3 is 21.3 Å². The topological polar surface area (TPSA) is 104 Å². The standard InChI is InChI=1S/C18H26N4O2/c1-12(2)8-14-10-17(22-18(19)21-14)20-15(11-23)9-16(24)13-6-4-3-5-7-13/h3-7,10,12,15-16,23-24H,8-9,11H2,1-2H3,(H3,19,20,21,22). The SMILES string of the molecule is CC(C)Cc1cc(NC(CO)CC(O)c2ccccc2)nc(N)n1. The first-order valence-corrected chi connectivity index (χ1v) is 8.21. The molecule has 2 aromatic rings. The molecule has 1 aromatic heterocycles. The van der Waals surface area contributed by atoms with E-state index in [9.17, 15) is 10.2 Å². The summed E-state index contributed by atoms with van der Waals surface area (Å²) in [4.78, 5) is 8.40. The van der Waals surface area contributed by atoms with E-state index in [2.05, 4.69) is 29.1 Å². The van der Waals surface area contributed by atoms with Crippen LogP contribution in [-0.4, -0.2) is 32.8 Å². The number of nitrogens with zero attached hydrogens (tertiary/aromatic N) is 2. The van der Waals surface area contributed by atoms with Crippen molar-refractivity contribution >= 4 is 11.8 Å². The molecule has 0 bridgehead atoms. The predicted octanol–water partition coefficient (Wildman–Crippen LogP) is 2.15. The van der Waals surface area contributed by atoms with Gasteiger partial charge in [-0.25, -0.2) is 4.98 Å². The lowest BCUT2D eigenvalue weighted by molar-refractivity contribution is 0.144. The predicted molar refractivity (Wildman–Crippen MR) is 95.5 cm³/mol. The fourth-order valence-electron chi connectivity index (χ4n) is 2.58. The van der Waals surface area contributed by atoms with Crippen molar-refractivity contribution in [1.82, 2.24) is 9.97 Å². The van der Waals surface area contributed by atoms with Crippen LogP contribution in [0.15, 0.2) is 36.4 Å². The molecular formula is C18H26N4O2. The summed E-state index contributed by atoms with van der Waals surface area (Å²) in [6, 6.07) is 10.9. The van der Waals surface area contributed by atoms with E-state index in [-0.39, 0.29) is 18.6 Å². The quantitative estimate of drug-likeness (QED) is 0.591. The van der Waals surface area contributed by atoms with Crippen LogP contribution in [0.2, 0.25) is 0 Å². The van der Waals surface area contributed by atoms with Gasteiger partial charge in [-0.2, -0.15) is 4.98 Å². The maximum Gasteiger partial charge on any atom is 0.222 e. The first kappa shape index (κ1) is 18.2. The number of hydrogen-bond donors (Lipinski definition) is 4. The molecular weight excluding hydrogens is 304 g/mol. The zero-order chi connectivity index (χ0) is 17.5. The summed E-state index contributed by atoms with van der Waals surface area (Å²) >= 11 is 0. The van der Waals surface area contributed by atoms with Crippen molar-refractivity contribution in [3.05, 3.63) is 47.7 Å². The summed E-state index contributed by atoms with van der Waals surface area (Å²) in [7, 11) is 0. The molecule has 1 aromatic carbocycles. The largest absolute Gasteiger partial charge is 0.394 e. The van der Waals surface area contributed by atoms with Crippen LogP contribution in [0, 0.1) is 5.92 Å². The second-order valence-corrected chi connectivity index (χ2v) is 6.39. The first-order chi connectivity index (χ1) is 11.5. The highest BCUT2D eigenvalue weighted by Crippen LogP contribution is 2.20. The van der Waals surface area contributed by atoms with E-state index < -0.39 is 6.10 Å². The van der Waals surface area contributed by atoms with E-state index in [0.29, 0.717) is 18.2 Å². The smallest absolute Gasteiger partial charge is 0.222 e. The summed E-state index contributed by atoms with van der Waals surface area (Å²) in [5.74, 6) is 1.23. The molecule has 0 fully saturated rings. The number of anilines is 2. The van der Waals surface area contributed by atoms with Gasteiger partial charge in [0.15, 0.2) is 0 Å². The van der Waals surface area contributed by atoms with Gasteiger partial charge in [-0.1, -0.05) is 44.2 Å². The Hall–Kier alpha value is -2.18. The van der Waals surface area contributed by atoms with Crippen LogP contribution in [0.4, 0.5) is 11.8 Å². The third-order valence-corrected chi connectivity index (χ3v) is 3.68. The summed E-state index contributed by atoms with van der Waals surface area (Å²) in [5.41, 5.74) is 7.45. The van der Waals surface area contributed by atoms with Crippen molar-refractivity contribution in [1.29, 1.82) is 0 Å². The minimum absolute atomic E-state index is 0.118. The average molecular weight is 330 g/mol. The van der Waals surface area contributed by atoms with Crippen LogP contribution in [0.5, 0.6) is 0 Å². The van der Waals surface area contributed by atoms with Crippen molar-refractivity contribution in [2.75, 3.05) is 17.7 Å². The zero-order valence-corrected chi connectivity index (χ0v) is 14.2. The highest BCUT2D eigenvalue weighted by Gasteiger charge is 2.16. The molecule has 0 saturated heterocycles. The Labute approximate surface area is 142 Å². The van der Waals surface area contributed by atoms with Gasteiger partial charge in [-0.3, -0.25) is 0 Å². The van der Waals surface area contributed by atoms with Gasteiger partial charge >= 0.3 is 0 Å². The van der Waals surface area contributed by atoms with Crippen molar-refractivity contribution in [3.63, 3.8) is 0 Å². The maximum absolute atomic E-state index is 10.3. The Kier molecular flexibility index (Phi) is 6.52. The molecule has 2 rings (SSSR count). The number of aliphatic hydroxyl groups is 2. The molecule has 2 unspecified atom stereocenters. The van der Waals surface area contributed by atoms with Gasteiger partial charge in [0.1, 0.15) is 5.82 Å². The van der Waals surface area contributed by atoms with Crippen molar-refractivity contribution < 1.29 is 10.2 Å². The second kappa shape index (κ2) is 8.61. The molecule has 0 saturated carbocycles. The van der Waals surface area contributed by atoms with Crippen LogP contribution in [0.3, 0.4) is 0 Å². The van der Waals surface area contributed by atoms with Crippen LogP contribution in [0.25, 0.3) is 0 Å². The molecule has 0 radical (unpaired) electrons. The van der Waals surface area contributed by atoms with E-state index in [1.54, 1.807) is 0 Å². The summed E-state index contributed by atoms with van der Waals surface area (Å²) in [6.07, 6.45) is 0.507. The monoisotopic (exact) mass is 330 g/mol. The molecule has 0 amide bonds. The molecule has 24 heavy (non-hydrogen) atoms. The Bertz CT molecular complexity index is 634. The molecule has 2 atom stereocenters. The van der Waals surface area contributed by atoms with Crippen molar-refractivity contribution in [2.24, 2.45) is 5.92 Å². The fraction of sp³-hybridized carbons (Fsp3) is 0.444. The van der Waals surface area contributed by atoms with E-state index in [4.69, 9.17) is 5.73 Å². The third kappa shape index (κ3) is 5.47. The average Bonchev–Trinajstić information content (AvgIpc) is 2.53. The van der Waals surface area contributed by atoms with Crippen LogP contribution < -0.4 is 11.1 Å². The molecule has 6 heteroatoms. The summed E-state index contributed by atoms with van der Waals surface area (Å²) in [5, 5.41) is 23.1. The minimum atomic E-state index is -0.662. The summed E-state index contributed by atoms with van der Waals surface area (Å²) in [6.45, 7) is 4.10. The maximum atomic E-state index is 10.3. The van der Waals surface area contributed by atoms with E-state index >= 15 is 0 Å². The normalized spacial score (nSPS) is 13.7. The molecule has 1 heterocycles. The molecule has 0 aliphatic heterocycles. The second-order valence-electron chi connectivity index (χ2n) is 6.39. The number of nitrogens with two attached hydrogens (primary N) is 1. The van der Waals surface area contributed by atoms with Gasteiger partial charge in [0.2, 0.25) is 5.95 Å². The van der Waals surface area contributed by atoms with Crippen molar-refractivity contribution in [3.8, 4) is 0 Å². The van der Waals surface area contributed by atoms with Gasteiger partial charge in [0.25, 0.3) is 0 Å². The Morgan fingerprint density at radius 1 is 1.17 bits per heavy atom. The van der Waals surface area contributed by atoms with E-state index in [1.165, 1.54) is 0 Å². The molecule has 6 nitrogen and oxygen atoms in total. The Morgan fingerprint density at radius 3 is 2.50 bits per heavy atom. The Morgan fingerprint density at radius 2 is 1.88 bits per heavy atom. The minimum Gasteiger partial charge on any atom is -0.394 e. The number of benzene rings is 1. The van der Waals surface area contributed by atoms with Crippen molar-refractivity contribution in [2.45, 2.75) is 38.8 Å². The molecule has 0 aliphatic rings. The first-order valence-electron chi connectivity index (χ1n) is 8.21. The van der Waals surface area contributed by atoms with E-state index in [0.717, 1.165) is 17.7 Å². The Balaban J connectivity index is 2.05. The van der Waals surface area contributed by atoms with Crippen LogP contribution in [0.1, 0.15) is 37.6 Å². The lowest BCUT2D eigenvalue weighted by atomic mass is 10.0. The van der Waals surface area contributed by atoms with E-state index in [1.807, 2.05) is 36.4 Å². The number of hydrogen-bond acceptors (Lipinski definition) is 6. The summed E-state index contributed by atoms with van der Waals surface area (Å²) < 4.78 is 0. The molecule has 0 aliphatic carbocycles. The van der Waals surface area contributed by atoms with Crippen LogP contribution in [-0.2, 0) is 6.42 Å². The number of aromatic nitrogens is 2. The molecule has 0 spiro atoms. The highest BCUT2D eigenvalue weighted by atomic mass is 16.3. The number of rotatable bonds is 8. The van der Waals surface area contributed by atoms with Crippen LogP contribution >= 0.6 is 0 Å². The number of nitrogens with one attached hydrogen (secondary N) is 1.